The maximum atomic E-state index is 5.92. The van der Waals surface area contributed by atoms with Gasteiger partial charge in [-0.05, 0) is 62.4 Å². The van der Waals surface area contributed by atoms with E-state index < -0.39 is 0 Å². The van der Waals surface area contributed by atoms with Crippen molar-refractivity contribution < 1.29 is 0 Å². The zero-order valence-corrected chi connectivity index (χ0v) is 13.8. The Kier molecular flexibility index (Phi) is 5.84. The summed E-state index contributed by atoms with van der Waals surface area (Å²) in [5.41, 5.74) is 4.12. The van der Waals surface area contributed by atoms with Crippen LogP contribution in [-0.2, 0) is 12.8 Å². The Labute approximate surface area is 133 Å². The van der Waals surface area contributed by atoms with Crippen LogP contribution in [-0.4, -0.2) is 12.1 Å². The fourth-order valence-electron chi connectivity index (χ4n) is 2.75. The van der Waals surface area contributed by atoms with Gasteiger partial charge in [-0.25, -0.2) is 0 Å². The Bertz CT molecular complexity index is 562. The van der Waals surface area contributed by atoms with Crippen LogP contribution in [0.15, 0.2) is 48.5 Å². The molecule has 2 atom stereocenters. The molecule has 0 spiro atoms. The summed E-state index contributed by atoms with van der Waals surface area (Å²) in [5, 5.41) is 4.48. The van der Waals surface area contributed by atoms with E-state index in [0.29, 0.717) is 12.1 Å². The fraction of sp³-hybridized carbons (Fsp3) is 0.368. The minimum Gasteiger partial charge on any atom is -0.311 e. The predicted octanol–water partition coefficient (Wildman–Crippen LogP) is 4.80. The average molecular weight is 302 g/mol. The Hall–Kier alpha value is -1.31. The van der Waals surface area contributed by atoms with E-state index in [1.165, 1.54) is 16.7 Å². The average Bonchev–Trinajstić information content (AvgIpc) is 2.44. The van der Waals surface area contributed by atoms with Crippen LogP contribution < -0.4 is 5.32 Å². The summed E-state index contributed by atoms with van der Waals surface area (Å²) in [6.45, 7) is 6.67. The van der Waals surface area contributed by atoms with E-state index in [0.717, 1.165) is 17.9 Å². The van der Waals surface area contributed by atoms with Crippen LogP contribution in [0, 0.1) is 6.92 Å². The highest BCUT2D eigenvalue weighted by Gasteiger charge is 2.10. The molecule has 2 heteroatoms. The Balaban J connectivity index is 1.86. The fourth-order valence-corrected chi connectivity index (χ4v) is 2.87. The quantitative estimate of drug-likeness (QED) is 0.808. The molecule has 0 amide bonds. The lowest BCUT2D eigenvalue weighted by molar-refractivity contribution is 0.462. The lowest BCUT2D eigenvalue weighted by Gasteiger charge is -2.21. The normalized spacial score (nSPS) is 13.9. The lowest BCUT2D eigenvalue weighted by atomic mass is 10.0. The molecular formula is C19H24ClN. The van der Waals surface area contributed by atoms with E-state index in [1.54, 1.807) is 0 Å². The Morgan fingerprint density at radius 1 is 0.905 bits per heavy atom. The van der Waals surface area contributed by atoms with Crippen LogP contribution in [0.5, 0.6) is 0 Å². The largest absolute Gasteiger partial charge is 0.311 e. The number of aryl methyl sites for hydroxylation is 1. The molecule has 2 rings (SSSR count). The van der Waals surface area contributed by atoms with Gasteiger partial charge in [0.1, 0.15) is 0 Å². The number of benzene rings is 2. The second-order valence-corrected chi connectivity index (χ2v) is 6.37. The van der Waals surface area contributed by atoms with Crippen molar-refractivity contribution in [1.82, 2.24) is 5.32 Å². The van der Waals surface area contributed by atoms with Crippen molar-refractivity contribution in [3.8, 4) is 0 Å². The van der Waals surface area contributed by atoms with Gasteiger partial charge in [0, 0.05) is 17.1 Å². The number of nitrogens with one attached hydrogen (secondary N) is 1. The first-order valence-corrected chi connectivity index (χ1v) is 7.97. The van der Waals surface area contributed by atoms with Gasteiger partial charge in [0.25, 0.3) is 0 Å². The van der Waals surface area contributed by atoms with Gasteiger partial charge in [0.2, 0.25) is 0 Å². The predicted molar refractivity (Wildman–Crippen MR) is 92.1 cm³/mol. The van der Waals surface area contributed by atoms with Crippen LogP contribution in [0.2, 0.25) is 5.02 Å². The molecule has 2 aromatic rings. The van der Waals surface area contributed by atoms with Crippen molar-refractivity contribution in [1.29, 1.82) is 0 Å². The number of hydrogen-bond acceptors (Lipinski definition) is 1. The van der Waals surface area contributed by atoms with Gasteiger partial charge in [0.15, 0.2) is 0 Å². The van der Waals surface area contributed by atoms with Crippen molar-refractivity contribution in [2.24, 2.45) is 0 Å². The topological polar surface area (TPSA) is 12.0 Å². The molecule has 0 aliphatic carbocycles. The SMILES string of the molecule is Cc1ccccc1CC(C)NC(C)Cc1ccc(Cl)cc1. The highest BCUT2D eigenvalue weighted by Crippen LogP contribution is 2.13. The van der Waals surface area contributed by atoms with E-state index in [1.807, 2.05) is 12.1 Å². The van der Waals surface area contributed by atoms with E-state index >= 15 is 0 Å². The molecule has 0 saturated heterocycles. The van der Waals surface area contributed by atoms with Crippen LogP contribution in [0.4, 0.5) is 0 Å². The van der Waals surface area contributed by atoms with Gasteiger partial charge in [-0.3, -0.25) is 0 Å². The molecular weight excluding hydrogens is 278 g/mol. The monoisotopic (exact) mass is 301 g/mol. The maximum Gasteiger partial charge on any atom is 0.0406 e. The summed E-state index contributed by atoms with van der Waals surface area (Å²) in [6, 6.07) is 17.7. The molecule has 112 valence electrons. The van der Waals surface area contributed by atoms with Gasteiger partial charge in [0.05, 0.1) is 0 Å². The van der Waals surface area contributed by atoms with Crippen molar-refractivity contribution >= 4 is 11.6 Å². The van der Waals surface area contributed by atoms with Crippen LogP contribution in [0.3, 0.4) is 0 Å². The third kappa shape index (κ3) is 5.18. The number of halogens is 1. The minimum absolute atomic E-state index is 0.449. The second kappa shape index (κ2) is 7.63. The zero-order valence-electron chi connectivity index (χ0n) is 13.1. The van der Waals surface area contributed by atoms with Gasteiger partial charge in [-0.1, -0.05) is 48.0 Å². The lowest BCUT2D eigenvalue weighted by Crippen LogP contribution is -2.37. The van der Waals surface area contributed by atoms with Crippen LogP contribution in [0.25, 0.3) is 0 Å². The minimum atomic E-state index is 0.449. The molecule has 0 saturated carbocycles. The third-order valence-corrected chi connectivity index (χ3v) is 4.06. The standard InChI is InChI=1S/C19H24ClN/c1-14-6-4-5-7-18(14)13-16(3)21-15(2)12-17-8-10-19(20)11-9-17/h4-11,15-16,21H,12-13H2,1-3H3. The smallest absolute Gasteiger partial charge is 0.0406 e. The Morgan fingerprint density at radius 3 is 2.19 bits per heavy atom. The zero-order chi connectivity index (χ0) is 15.2. The second-order valence-electron chi connectivity index (χ2n) is 5.93. The highest BCUT2D eigenvalue weighted by atomic mass is 35.5. The molecule has 1 N–H and O–H groups in total. The molecule has 21 heavy (non-hydrogen) atoms. The first kappa shape index (κ1) is 16.1. The van der Waals surface area contributed by atoms with Gasteiger partial charge < -0.3 is 5.32 Å². The van der Waals surface area contributed by atoms with Crippen molar-refractivity contribution in [3.05, 3.63) is 70.2 Å². The molecule has 0 bridgehead atoms. The van der Waals surface area contributed by atoms with Crippen LogP contribution in [0.1, 0.15) is 30.5 Å². The molecule has 0 aliphatic heterocycles. The molecule has 0 aromatic heterocycles. The van der Waals surface area contributed by atoms with Crippen molar-refractivity contribution in [3.63, 3.8) is 0 Å². The summed E-state index contributed by atoms with van der Waals surface area (Å²) in [5.74, 6) is 0. The molecule has 0 radical (unpaired) electrons. The molecule has 0 heterocycles. The third-order valence-electron chi connectivity index (χ3n) is 3.81. The number of hydrogen-bond donors (Lipinski definition) is 1. The van der Waals surface area contributed by atoms with E-state index in [9.17, 15) is 0 Å². The van der Waals surface area contributed by atoms with E-state index in [4.69, 9.17) is 11.6 Å². The summed E-state index contributed by atoms with van der Waals surface area (Å²) in [6.07, 6.45) is 2.09. The molecule has 2 aromatic carbocycles. The van der Waals surface area contributed by atoms with Crippen molar-refractivity contribution in [2.75, 3.05) is 0 Å². The summed E-state index contributed by atoms with van der Waals surface area (Å²) in [7, 11) is 0. The van der Waals surface area contributed by atoms with E-state index in [-0.39, 0.29) is 0 Å². The first-order valence-electron chi connectivity index (χ1n) is 7.59. The molecule has 0 aliphatic rings. The molecule has 1 nitrogen and oxygen atoms in total. The maximum absolute atomic E-state index is 5.92. The molecule has 0 fully saturated rings. The van der Waals surface area contributed by atoms with E-state index in [2.05, 4.69) is 62.5 Å². The first-order chi connectivity index (χ1) is 10.0. The highest BCUT2D eigenvalue weighted by molar-refractivity contribution is 6.30. The number of rotatable bonds is 6. The van der Waals surface area contributed by atoms with Crippen LogP contribution >= 0.6 is 11.6 Å². The van der Waals surface area contributed by atoms with Gasteiger partial charge >= 0.3 is 0 Å². The summed E-state index contributed by atoms with van der Waals surface area (Å²) in [4.78, 5) is 0. The summed E-state index contributed by atoms with van der Waals surface area (Å²) >= 11 is 5.92. The van der Waals surface area contributed by atoms with Gasteiger partial charge in [-0.2, -0.15) is 0 Å². The Morgan fingerprint density at radius 2 is 1.52 bits per heavy atom. The molecule has 2 unspecified atom stereocenters. The summed E-state index contributed by atoms with van der Waals surface area (Å²) < 4.78 is 0. The van der Waals surface area contributed by atoms with Crippen molar-refractivity contribution in [2.45, 2.75) is 45.7 Å². The van der Waals surface area contributed by atoms with Gasteiger partial charge in [-0.15, -0.1) is 0 Å².